The van der Waals surface area contributed by atoms with Gasteiger partial charge in [0.1, 0.15) is 29.9 Å². The van der Waals surface area contributed by atoms with Crippen molar-refractivity contribution in [2.75, 3.05) is 0 Å². The van der Waals surface area contributed by atoms with Crippen LogP contribution < -0.4 is 5.73 Å². The lowest BCUT2D eigenvalue weighted by Crippen LogP contribution is -2.72. The maximum absolute atomic E-state index is 15.4. The molecular formula is C19H25FN3O+. The molecule has 2 N–H and O–H groups in total. The van der Waals surface area contributed by atoms with Gasteiger partial charge in [0.2, 0.25) is 0 Å². The first-order valence-corrected chi connectivity index (χ1v) is 9.71. The van der Waals surface area contributed by atoms with Gasteiger partial charge < -0.3 is 5.73 Å². The summed E-state index contributed by atoms with van der Waals surface area (Å²) in [6, 6.07) is 2.13. The molecule has 0 aromatic rings. The molecule has 4 bridgehead atoms. The van der Waals surface area contributed by atoms with Crippen LogP contribution in [0, 0.1) is 34.5 Å². The maximum Gasteiger partial charge on any atom is 0.332 e. The van der Waals surface area contributed by atoms with E-state index in [-0.39, 0.29) is 29.3 Å². The first-order chi connectivity index (χ1) is 11.4. The van der Waals surface area contributed by atoms with Gasteiger partial charge in [-0.1, -0.05) is 0 Å². The van der Waals surface area contributed by atoms with E-state index in [0.717, 1.165) is 32.1 Å². The molecule has 7 aliphatic rings. The van der Waals surface area contributed by atoms with Crippen LogP contribution in [0.5, 0.6) is 0 Å². The average Bonchev–Trinajstić information content (AvgIpc) is 2.80. The summed E-state index contributed by atoms with van der Waals surface area (Å²) in [7, 11) is 0. The second-order valence-electron chi connectivity index (χ2n) is 9.92. The zero-order chi connectivity index (χ0) is 16.5. The maximum atomic E-state index is 15.4. The number of quaternary nitrogens is 1. The third kappa shape index (κ3) is 1.22. The van der Waals surface area contributed by atoms with E-state index in [1.807, 2.05) is 0 Å². The van der Waals surface area contributed by atoms with Crippen LogP contribution in [-0.2, 0) is 4.79 Å². The van der Waals surface area contributed by atoms with Crippen molar-refractivity contribution < 1.29 is 13.7 Å². The molecule has 5 aliphatic carbocycles. The van der Waals surface area contributed by atoms with Crippen LogP contribution in [0.3, 0.4) is 0 Å². The first kappa shape index (κ1) is 14.2. The van der Waals surface area contributed by atoms with Gasteiger partial charge in [-0.2, -0.15) is 5.26 Å². The molecule has 0 radical (unpaired) electrons. The molecule has 0 aromatic heterocycles. The van der Waals surface area contributed by atoms with E-state index < -0.39 is 11.7 Å². The normalized spacial score (nSPS) is 65.5. The van der Waals surface area contributed by atoms with Gasteiger partial charge in [-0.25, -0.2) is 13.7 Å². The van der Waals surface area contributed by atoms with Crippen molar-refractivity contribution in [2.45, 2.75) is 81.2 Å². The van der Waals surface area contributed by atoms with Gasteiger partial charge in [0.05, 0.1) is 5.41 Å². The second kappa shape index (κ2) is 3.88. The fraction of sp³-hybridized carbons (Fsp3) is 0.895. The molecule has 5 heteroatoms. The molecule has 24 heavy (non-hydrogen) atoms. The molecule has 2 aliphatic heterocycles. The van der Waals surface area contributed by atoms with Crippen molar-refractivity contribution in [2.24, 2.45) is 28.9 Å². The molecule has 4 nitrogen and oxygen atoms in total. The van der Waals surface area contributed by atoms with Crippen molar-refractivity contribution in [3.8, 4) is 6.07 Å². The Balaban J connectivity index is 1.58. The molecule has 128 valence electrons. The third-order valence-electron chi connectivity index (χ3n) is 9.11. The van der Waals surface area contributed by atoms with E-state index in [1.165, 1.54) is 0 Å². The Morgan fingerprint density at radius 1 is 1.21 bits per heavy atom. The number of nitrogens with two attached hydrogens (primary N) is 1. The van der Waals surface area contributed by atoms with Gasteiger partial charge >= 0.3 is 5.91 Å². The minimum atomic E-state index is -1.10. The Morgan fingerprint density at radius 3 is 2.71 bits per heavy atom. The van der Waals surface area contributed by atoms with Crippen molar-refractivity contribution in [3.05, 3.63) is 0 Å². The van der Waals surface area contributed by atoms with Gasteiger partial charge in [-0.15, -0.1) is 0 Å². The minimum Gasteiger partial charge on any atom is -0.316 e. The van der Waals surface area contributed by atoms with Crippen LogP contribution in [0.4, 0.5) is 4.39 Å². The second-order valence-corrected chi connectivity index (χ2v) is 9.92. The predicted octanol–water partition coefficient (Wildman–Crippen LogP) is 2.03. The number of rotatable bonds is 0. The standard InChI is InChI=1S/C19H25FN3O/c20-18-5-10-3-12(7-18)16-19(6-10,9-18)15(22)17(24)23(16)13(8-21)4-11-1-2-14(11)23/h10-16H,1-7,9,22H2/q+1/t10?,11?,12?,13-,14-,15+,16?,18?,19?,23?/m0/s1. The summed E-state index contributed by atoms with van der Waals surface area (Å²) in [4.78, 5) is 13.6. The predicted molar refractivity (Wildman–Crippen MR) is 83.9 cm³/mol. The van der Waals surface area contributed by atoms with E-state index in [1.54, 1.807) is 0 Å². The first-order valence-electron chi connectivity index (χ1n) is 9.71. The highest BCUT2D eigenvalue weighted by Gasteiger charge is 2.83. The number of alkyl halides is 1. The summed E-state index contributed by atoms with van der Waals surface area (Å²) in [6.45, 7) is 0. The number of amides is 1. The summed E-state index contributed by atoms with van der Waals surface area (Å²) >= 11 is 0. The van der Waals surface area contributed by atoms with E-state index in [0.29, 0.717) is 41.6 Å². The largest absolute Gasteiger partial charge is 0.332 e. The highest BCUT2D eigenvalue weighted by Crippen LogP contribution is 2.71. The number of carbonyl (C=O) groups excluding carboxylic acids is 1. The highest BCUT2D eigenvalue weighted by molar-refractivity contribution is 5.80. The molecule has 2 heterocycles. The van der Waals surface area contributed by atoms with Gasteiger partial charge in [0.25, 0.3) is 0 Å². The van der Waals surface area contributed by atoms with E-state index in [2.05, 4.69) is 6.07 Å². The zero-order valence-corrected chi connectivity index (χ0v) is 14.0. The monoisotopic (exact) mass is 330 g/mol. The number of hydrogen-bond donors (Lipinski definition) is 1. The summed E-state index contributed by atoms with van der Waals surface area (Å²) in [6.07, 6.45) is 6.76. The van der Waals surface area contributed by atoms with Crippen LogP contribution in [0.25, 0.3) is 0 Å². The zero-order valence-electron chi connectivity index (χ0n) is 14.0. The number of fused-ring (bicyclic) bond motifs is 2. The number of nitriles is 1. The molecule has 7 rings (SSSR count). The number of hydrogen-bond acceptors (Lipinski definition) is 3. The molecular weight excluding hydrogens is 305 g/mol. The van der Waals surface area contributed by atoms with Crippen molar-refractivity contribution in [3.63, 3.8) is 0 Å². The fourth-order valence-corrected chi connectivity index (χ4v) is 8.87. The molecule has 2 saturated heterocycles. The number of nitrogens with zero attached hydrogens (tertiary/aromatic N) is 2. The van der Waals surface area contributed by atoms with Gasteiger partial charge in [0, 0.05) is 24.7 Å². The summed E-state index contributed by atoms with van der Waals surface area (Å²) in [5.74, 6) is 1.26. The highest BCUT2D eigenvalue weighted by atomic mass is 19.1. The molecule has 1 amide bonds. The summed E-state index contributed by atoms with van der Waals surface area (Å²) < 4.78 is 15.8. The fourth-order valence-electron chi connectivity index (χ4n) is 8.87. The van der Waals surface area contributed by atoms with Crippen molar-refractivity contribution >= 4 is 5.91 Å². The van der Waals surface area contributed by atoms with Gasteiger partial charge in [0.15, 0.2) is 6.04 Å². The Morgan fingerprint density at radius 2 is 2.04 bits per heavy atom. The van der Waals surface area contributed by atoms with Crippen LogP contribution in [0.1, 0.15) is 51.4 Å². The number of halogens is 1. The lowest BCUT2D eigenvalue weighted by atomic mass is 9.45. The van der Waals surface area contributed by atoms with Gasteiger partial charge in [-0.3, -0.25) is 0 Å². The lowest BCUT2D eigenvalue weighted by molar-refractivity contribution is -0.915. The van der Waals surface area contributed by atoms with Crippen molar-refractivity contribution in [1.82, 2.24) is 0 Å². The molecule has 7 fully saturated rings. The smallest absolute Gasteiger partial charge is 0.316 e. The van der Waals surface area contributed by atoms with E-state index >= 15 is 4.39 Å². The van der Waals surface area contributed by atoms with Crippen LogP contribution in [-0.4, -0.2) is 40.2 Å². The molecule has 2 spiro atoms. The molecule has 0 aromatic carbocycles. The van der Waals surface area contributed by atoms with Crippen LogP contribution in [0.15, 0.2) is 0 Å². The lowest BCUT2D eigenvalue weighted by Gasteiger charge is -2.63. The Hall–Kier alpha value is -0.990. The Labute approximate surface area is 141 Å². The average molecular weight is 330 g/mol. The van der Waals surface area contributed by atoms with Gasteiger partial charge in [-0.05, 0) is 44.4 Å². The van der Waals surface area contributed by atoms with E-state index in [9.17, 15) is 10.1 Å². The van der Waals surface area contributed by atoms with E-state index in [4.69, 9.17) is 5.73 Å². The third-order valence-corrected chi connectivity index (χ3v) is 9.11. The Bertz CT molecular complexity index is 705. The SMILES string of the molecule is N#C[C@@H]1CC2CC[C@@H]2[N+]12C(=O)[C@@H](N)C13CC4CC(CC(F)(C4)C1)C32. The Kier molecular flexibility index (Phi) is 2.30. The minimum absolute atomic E-state index is 0.0931. The van der Waals surface area contributed by atoms with Crippen LogP contribution >= 0.6 is 0 Å². The van der Waals surface area contributed by atoms with Crippen LogP contribution in [0.2, 0.25) is 0 Å². The van der Waals surface area contributed by atoms with Crippen molar-refractivity contribution in [1.29, 1.82) is 5.26 Å². The molecule has 5 saturated carbocycles. The topological polar surface area (TPSA) is 66.9 Å². The molecule has 10 atom stereocenters. The quantitative estimate of drug-likeness (QED) is 0.691. The summed E-state index contributed by atoms with van der Waals surface area (Å²) in [5, 5.41) is 9.89. The number of carbonyl (C=O) groups is 1. The summed E-state index contributed by atoms with van der Waals surface area (Å²) in [5.41, 5.74) is 5.11. The molecule has 7 unspecified atom stereocenters.